The van der Waals surface area contributed by atoms with Crippen molar-refractivity contribution < 1.29 is 14.3 Å². The predicted molar refractivity (Wildman–Crippen MR) is 115 cm³/mol. The first-order chi connectivity index (χ1) is 14.5. The van der Waals surface area contributed by atoms with Crippen molar-refractivity contribution in [3.05, 3.63) is 64.2 Å². The molecule has 1 amide bonds. The molecule has 0 unspecified atom stereocenters. The Morgan fingerprint density at radius 3 is 2.70 bits per heavy atom. The highest BCUT2D eigenvalue weighted by atomic mass is 32.1. The number of benzene rings is 2. The molecule has 30 heavy (non-hydrogen) atoms. The lowest BCUT2D eigenvalue weighted by Crippen LogP contribution is -2.23. The molecule has 0 N–H and O–H groups in total. The van der Waals surface area contributed by atoms with Gasteiger partial charge in [0.25, 0.3) is 5.91 Å². The van der Waals surface area contributed by atoms with E-state index in [1.165, 1.54) is 17.5 Å². The zero-order chi connectivity index (χ0) is 21.3. The summed E-state index contributed by atoms with van der Waals surface area (Å²) in [7, 11) is 0. The van der Waals surface area contributed by atoms with Gasteiger partial charge < -0.3 is 9.30 Å². The largest absolute Gasteiger partial charge is 0.465 e. The van der Waals surface area contributed by atoms with Crippen LogP contribution in [0.15, 0.2) is 47.6 Å². The van der Waals surface area contributed by atoms with E-state index in [-0.39, 0.29) is 24.8 Å². The molecule has 0 aliphatic rings. The zero-order valence-corrected chi connectivity index (χ0v) is 17.7. The third-order valence-corrected chi connectivity index (χ3v) is 5.80. The Kier molecular flexibility index (Phi) is 5.41. The van der Waals surface area contributed by atoms with E-state index in [9.17, 15) is 9.59 Å². The molecule has 0 saturated carbocycles. The minimum absolute atomic E-state index is 0.0216. The van der Waals surface area contributed by atoms with Crippen LogP contribution >= 0.6 is 11.3 Å². The van der Waals surface area contributed by atoms with E-state index >= 15 is 0 Å². The van der Waals surface area contributed by atoms with Gasteiger partial charge in [-0.1, -0.05) is 29.5 Å². The summed E-state index contributed by atoms with van der Waals surface area (Å²) in [5, 5.41) is 0. The lowest BCUT2D eigenvalue weighted by atomic mass is 10.1. The Hall–Kier alpha value is -3.39. The number of amides is 1. The highest BCUT2D eigenvalue weighted by Crippen LogP contribution is 2.23. The standard InChI is InChI=1S/C22H20N4O3S/c1-4-29-19(27)12-26-18-10-13(2)9-14(3)20(18)30-22(26)25-21(28)17-11-23-15-7-5-6-8-16(15)24-17/h5-11H,4,12H2,1-3H3. The molecule has 0 atom stereocenters. The molecule has 4 aromatic rings. The van der Waals surface area contributed by atoms with E-state index < -0.39 is 5.91 Å². The number of hydrogen-bond acceptors (Lipinski definition) is 6. The quantitative estimate of drug-likeness (QED) is 0.471. The molecule has 0 saturated heterocycles. The second-order valence-electron chi connectivity index (χ2n) is 6.87. The molecule has 8 heteroatoms. The van der Waals surface area contributed by atoms with Gasteiger partial charge in [0.15, 0.2) is 4.80 Å². The maximum Gasteiger partial charge on any atom is 0.326 e. The van der Waals surface area contributed by atoms with Crippen LogP contribution < -0.4 is 4.80 Å². The maximum atomic E-state index is 12.9. The minimum atomic E-state index is -0.508. The molecular weight excluding hydrogens is 400 g/mol. The van der Waals surface area contributed by atoms with Crippen molar-refractivity contribution in [1.82, 2.24) is 14.5 Å². The van der Waals surface area contributed by atoms with Crippen LogP contribution in [-0.2, 0) is 16.1 Å². The van der Waals surface area contributed by atoms with Crippen molar-refractivity contribution in [1.29, 1.82) is 0 Å². The van der Waals surface area contributed by atoms with E-state index in [0.29, 0.717) is 15.8 Å². The number of ether oxygens (including phenoxy) is 1. The van der Waals surface area contributed by atoms with Gasteiger partial charge in [-0.15, -0.1) is 0 Å². The first kappa shape index (κ1) is 19.9. The number of carbonyl (C=O) groups is 2. The number of rotatable bonds is 4. The Labute approximate surface area is 176 Å². The van der Waals surface area contributed by atoms with Crippen LogP contribution in [-0.4, -0.2) is 33.0 Å². The molecule has 7 nitrogen and oxygen atoms in total. The molecule has 0 aliphatic carbocycles. The van der Waals surface area contributed by atoms with Crippen LogP contribution in [0.3, 0.4) is 0 Å². The molecule has 0 bridgehead atoms. The summed E-state index contributed by atoms with van der Waals surface area (Å²) in [6.45, 7) is 6.02. The van der Waals surface area contributed by atoms with E-state index in [1.807, 2.05) is 38.1 Å². The van der Waals surface area contributed by atoms with Gasteiger partial charge in [0, 0.05) is 0 Å². The summed E-state index contributed by atoms with van der Waals surface area (Å²) in [5.41, 5.74) is 4.46. The molecule has 0 aliphatic heterocycles. The van der Waals surface area contributed by atoms with Gasteiger partial charge in [0.1, 0.15) is 12.2 Å². The van der Waals surface area contributed by atoms with E-state index in [4.69, 9.17) is 4.74 Å². The summed E-state index contributed by atoms with van der Waals surface area (Å²) in [6.07, 6.45) is 1.42. The SMILES string of the molecule is CCOC(=O)Cn1c(=NC(=O)c2cnc3ccccc3n2)sc2c(C)cc(C)cc21. The average molecular weight is 420 g/mol. The van der Waals surface area contributed by atoms with Gasteiger partial charge in [-0.3, -0.25) is 14.6 Å². The number of fused-ring (bicyclic) bond motifs is 2. The maximum absolute atomic E-state index is 12.9. The van der Waals surface area contributed by atoms with Crippen LogP contribution in [0.1, 0.15) is 28.5 Å². The summed E-state index contributed by atoms with van der Waals surface area (Å²) in [4.78, 5) is 38.4. The van der Waals surface area contributed by atoms with Gasteiger partial charge in [0.2, 0.25) is 0 Å². The first-order valence-corrected chi connectivity index (χ1v) is 10.3. The Morgan fingerprint density at radius 1 is 1.17 bits per heavy atom. The lowest BCUT2D eigenvalue weighted by Gasteiger charge is -2.06. The third-order valence-electron chi connectivity index (χ3n) is 4.57. The van der Waals surface area contributed by atoms with Gasteiger partial charge in [-0.2, -0.15) is 4.99 Å². The zero-order valence-electron chi connectivity index (χ0n) is 16.9. The monoisotopic (exact) mass is 420 g/mol. The summed E-state index contributed by atoms with van der Waals surface area (Å²) in [6, 6.07) is 11.4. The number of nitrogens with zero attached hydrogens (tertiary/aromatic N) is 4. The van der Waals surface area contributed by atoms with Crippen molar-refractivity contribution in [2.24, 2.45) is 4.99 Å². The van der Waals surface area contributed by atoms with Crippen LogP contribution in [0.25, 0.3) is 21.3 Å². The number of carbonyl (C=O) groups excluding carboxylic acids is 2. The topological polar surface area (TPSA) is 86.4 Å². The van der Waals surface area contributed by atoms with Crippen LogP contribution in [0.2, 0.25) is 0 Å². The van der Waals surface area contributed by atoms with Gasteiger partial charge in [0.05, 0.1) is 34.1 Å². The number of thiazole rings is 1. The average Bonchev–Trinajstić information content (AvgIpc) is 3.05. The minimum Gasteiger partial charge on any atom is -0.465 e. The van der Waals surface area contributed by atoms with Crippen molar-refractivity contribution in [3.63, 3.8) is 0 Å². The smallest absolute Gasteiger partial charge is 0.326 e. The highest BCUT2D eigenvalue weighted by Gasteiger charge is 2.15. The summed E-state index contributed by atoms with van der Waals surface area (Å²) < 4.78 is 7.81. The molecular formula is C22H20N4O3S. The van der Waals surface area contributed by atoms with Gasteiger partial charge in [-0.25, -0.2) is 4.98 Å². The van der Waals surface area contributed by atoms with Crippen LogP contribution in [0.4, 0.5) is 0 Å². The number of esters is 1. The predicted octanol–water partition coefficient (Wildman–Crippen LogP) is 3.57. The van der Waals surface area contributed by atoms with Gasteiger partial charge in [-0.05, 0) is 50.1 Å². The second-order valence-corrected chi connectivity index (χ2v) is 7.84. The number of aromatic nitrogens is 3. The fourth-order valence-corrected chi connectivity index (χ4v) is 4.37. The fourth-order valence-electron chi connectivity index (χ4n) is 3.29. The molecule has 4 rings (SSSR count). The van der Waals surface area contributed by atoms with Crippen LogP contribution in [0.5, 0.6) is 0 Å². The van der Waals surface area contributed by atoms with Crippen molar-refractivity contribution >= 4 is 44.5 Å². The van der Waals surface area contributed by atoms with Crippen molar-refractivity contribution in [2.45, 2.75) is 27.3 Å². The van der Waals surface area contributed by atoms with Crippen LogP contribution in [0, 0.1) is 13.8 Å². The Balaban J connectivity index is 1.84. The summed E-state index contributed by atoms with van der Waals surface area (Å²) >= 11 is 1.37. The Morgan fingerprint density at radius 2 is 1.93 bits per heavy atom. The molecule has 0 fully saturated rings. The fraction of sp³-hybridized carbons (Fsp3) is 0.227. The highest BCUT2D eigenvalue weighted by molar-refractivity contribution is 7.16. The third kappa shape index (κ3) is 3.86. The van der Waals surface area contributed by atoms with E-state index in [2.05, 4.69) is 21.0 Å². The van der Waals surface area contributed by atoms with E-state index in [0.717, 1.165) is 21.3 Å². The lowest BCUT2D eigenvalue weighted by molar-refractivity contribution is -0.143. The van der Waals surface area contributed by atoms with E-state index in [1.54, 1.807) is 17.6 Å². The number of aryl methyl sites for hydroxylation is 2. The number of para-hydroxylation sites is 2. The summed E-state index contributed by atoms with van der Waals surface area (Å²) in [5.74, 6) is -0.887. The molecule has 0 radical (unpaired) electrons. The van der Waals surface area contributed by atoms with Gasteiger partial charge >= 0.3 is 5.97 Å². The molecule has 2 heterocycles. The molecule has 2 aromatic heterocycles. The number of hydrogen-bond donors (Lipinski definition) is 0. The first-order valence-electron chi connectivity index (χ1n) is 9.53. The normalized spacial score (nSPS) is 11.9. The second kappa shape index (κ2) is 8.16. The Bertz CT molecular complexity index is 1350. The van der Waals surface area contributed by atoms with Crippen molar-refractivity contribution in [2.75, 3.05) is 6.61 Å². The molecule has 152 valence electrons. The molecule has 2 aromatic carbocycles. The molecule has 0 spiro atoms. The van der Waals surface area contributed by atoms with Crippen molar-refractivity contribution in [3.8, 4) is 0 Å².